The van der Waals surface area contributed by atoms with Crippen LogP contribution in [0.25, 0.3) is 0 Å². The van der Waals surface area contributed by atoms with Crippen molar-refractivity contribution in [2.75, 3.05) is 19.7 Å². The number of carbonyl (C=O) groups is 1. The van der Waals surface area contributed by atoms with Crippen molar-refractivity contribution >= 4 is 5.91 Å². The van der Waals surface area contributed by atoms with Crippen LogP contribution < -0.4 is 10.6 Å². The zero-order chi connectivity index (χ0) is 12.6. The molecule has 3 N–H and O–H groups in total. The molecule has 0 aromatic heterocycles. The second-order valence-corrected chi connectivity index (χ2v) is 3.39. The molecule has 0 aliphatic rings. The number of alkyl halides is 3. The maximum absolute atomic E-state index is 11.7. The highest BCUT2D eigenvalue weighted by Gasteiger charge is 2.27. The van der Waals surface area contributed by atoms with Gasteiger partial charge in [0.05, 0.1) is 6.54 Å². The minimum absolute atomic E-state index is 0.0182. The molecule has 0 aromatic rings. The maximum atomic E-state index is 11.7. The van der Waals surface area contributed by atoms with Gasteiger partial charge in [0.15, 0.2) is 0 Å². The van der Waals surface area contributed by atoms with Gasteiger partial charge in [-0.1, -0.05) is 6.92 Å². The zero-order valence-corrected chi connectivity index (χ0v) is 9.10. The highest BCUT2D eigenvalue weighted by atomic mass is 19.4. The molecule has 0 radical (unpaired) electrons. The Morgan fingerprint density at radius 2 is 2.06 bits per heavy atom. The van der Waals surface area contributed by atoms with E-state index in [4.69, 9.17) is 5.11 Å². The van der Waals surface area contributed by atoms with E-state index in [1.54, 1.807) is 5.32 Å². The molecule has 0 aliphatic heterocycles. The lowest BCUT2D eigenvalue weighted by Gasteiger charge is -2.15. The van der Waals surface area contributed by atoms with Crippen LogP contribution in [0, 0.1) is 0 Å². The molecule has 0 aliphatic carbocycles. The number of aliphatic hydroxyl groups excluding tert-OH is 1. The van der Waals surface area contributed by atoms with Crippen molar-refractivity contribution in [1.82, 2.24) is 10.6 Å². The van der Waals surface area contributed by atoms with Crippen LogP contribution >= 0.6 is 0 Å². The fourth-order valence-corrected chi connectivity index (χ4v) is 1.10. The molecule has 0 saturated carbocycles. The molecule has 0 aromatic carbocycles. The summed E-state index contributed by atoms with van der Waals surface area (Å²) in [5.74, 6) is -0.700. The first kappa shape index (κ1) is 15.2. The fourth-order valence-electron chi connectivity index (χ4n) is 1.10. The summed E-state index contributed by atoms with van der Waals surface area (Å²) in [4.78, 5) is 11.0. The van der Waals surface area contributed by atoms with Gasteiger partial charge in [0.25, 0.3) is 0 Å². The number of nitrogens with one attached hydrogen (secondary N) is 2. The molecule has 1 unspecified atom stereocenters. The summed E-state index contributed by atoms with van der Waals surface area (Å²) in [7, 11) is 0. The lowest BCUT2D eigenvalue weighted by Crippen LogP contribution is -2.42. The van der Waals surface area contributed by atoms with E-state index in [1.807, 2.05) is 6.92 Å². The van der Waals surface area contributed by atoms with E-state index in [0.29, 0.717) is 12.8 Å². The summed E-state index contributed by atoms with van der Waals surface area (Å²) in [6.07, 6.45) is -3.21. The van der Waals surface area contributed by atoms with Crippen molar-refractivity contribution in [2.24, 2.45) is 0 Å². The lowest BCUT2D eigenvalue weighted by atomic mass is 10.1. The highest BCUT2D eigenvalue weighted by Crippen LogP contribution is 2.11. The predicted molar refractivity (Wildman–Crippen MR) is 52.8 cm³/mol. The van der Waals surface area contributed by atoms with Crippen LogP contribution in [0.2, 0.25) is 0 Å². The summed E-state index contributed by atoms with van der Waals surface area (Å²) >= 11 is 0. The number of amides is 1. The van der Waals surface area contributed by atoms with Gasteiger partial charge in [-0.25, -0.2) is 0 Å². The Kier molecular flexibility index (Phi) is 7.07. The monoisotopic (exact) mass is 242 g/mol. The quantitative estimate of drug-likeness (QED) is 0.606. The first-order valence-corrected chi connectivity index (χ1v) is 5.06. The Morgan fingerprint density at radius 3 is 2.50 bits per heavy atom. The molecule has 0 spiro atoms. The third-order valence-corrected chi connectivity index (χ3v) is 2.01. The van der Waals surface area contributed by atoms with Crippen molar-refractivity contribution in [3.05, 3.63) is 0 Å². The molecular weight excluding hydrogens is 225 g/mol. The first-order valence-electron chi connectivity index (χ1n) is 5.06. The Balaban J connectivity index is 3.71. The van der Waals surface area contributed by atoms with E-state index >= 15 is 0 Å². The molecule has 0 fully saturated rings. The largest absolute Gasteiger partial charge is 0.405 e. The van der Waals surface area contributed by atoms with Gasteiger partial charge in [0.2, 0.25) is 5.91 Å². The molecule has 0 rings (SSSR count). The second kappa shape index (κ2) is 7.45. The van der Waals surface area contributed by atoms with Crippen LogP contribution in [0.1, 0.15) is 19.8 Å². The fraction of sp³-hybridized carbons (Fsp3) is 0.889. The van der Waals surface area contributed by atoms with Gasteiger partial charge in [-0.2, -0.15) is 13.2 Å². The summed E-state index contributed by atoms with van der Waals surface area (Å²) in [6.45, 7) is 0.357. The number of carbonyl (C=O) groups excluding carboxylic acids is 1. The first-order chi connectivity index (χ1) is 7.39. The van der Waals surface area contributed by atoms with Gasteiger partial charge < -0.3 is 15.7 Å². The smallest absolute Gasteiger partial charge is 0.396 e. The number of rotatable bonds is 7. The van der Waals surface area contributed by atoms with E-state index < -0.39 is 18.6 Å². The highest BCUT2D eigenvalue weighted by molar-refractivity contribution is 5.78. The molecular formula is C9H17F3N2O2. The van der Waals surface area contributed by atoms with Crippen LogP contribution in [0.3, 0.4) is 0 Å². The summed E-state index contributed by atoms with van der Waals surface area (Å²) in [6, 6.07) is -0.0540. The van der Waals surface area contributed by atoms with Crippen LogP contribution in [0.5, 0.6) is 0 Å². The Morgan fingerprint density at radius 1 is 1.44 bits per heavy atom. The Labute approximate surface area is 92.2 Å². The Hall–Kier alpha value is -0.820. The van der Waals surface area contributed by atoms with Crippen molar-refractivity contribution < 1.29 is 23.1 Å². The summed E-state index contributed by atoms with van der Waals surface area (Å²) in [5, 5.41) is 13.2. The molecule has 16 heavy (non-hydrogen) atoms. The number of halogens is 3. The van der Waals surface area contributed by atoms with Crippen molar-refractivity contribution in [1.29, 1.82) is 0 Å². The van der Waals surface area contributed by atoms with Crippen LogP contribution in [-0.2, 0) is 4.79 Å². The van der Waals surface area contributed by atoms with Crippen molar-refractivity contribution in [3.63, 3.8) is 0 Å². The van der Waals surface area contributed by atoms with Gasteiger partial charge in [0, 0.05) is 12.6 Å². The average molecular weight is 242 g/mol. The van der Waals surface area contributed by atoms with Crippen molar-refractivity contribution in [2.45, 2.75) is 32.0 Å². The van der Waals surface area contributed by atoms with E-state index in [2.05, 4.69) is 5.32 Å². The molecule has 0 bridgehead atoms. The van der Waals surface area contributed by atoms with Gasteiger partial charge in [-0.05, 0) is 12.8 Å². The van der Waals surface area contributed by atoms with Crippen LogP contribution in [-0.4, -0.2) is 42.9 Å². The molecule has 0 heterocycles. The SMILES string of the molecule is CCC(CCO)NCC(=O)NCC(F)(F)F. The molecule has 4 nitrogen and oxygen atoms in total. The zero-order valence-electron chi connectivity index (χ0n) is 9.10. The molecule has 1 amide bonds. The predicted octanol–water partition coefficient (Wildman–Crippen LogP) is 0.415. The van der Waals surface area contributed by atoms with Crippen LogP contribution in [0.4, 0.5) is 13.2 Å². The summed E-state index contributed by atoms with van der Waals surface area (Å²) < 4.78 is 35.2. The van der Waals surface area contributed by atoms with E-state index in [-0.39, 0.29) is 19.2 Å². The van der Waals surface area contributed by atoms with Gasteiger partial charge in [-0.15, -0.1) is 0 Å². The maximum Gasteiger partial charge on any atom is 0.405 e. The normalized spacial score (nSPS) is 13.6. The molecule has 1 atom stereocenters. The van der Waals surface area contributed by atoms with E-state index in [0.717, 1.165) is 0 Å². The average Bonchev–Trinajstić information content (AvgIpc) is 2.20. The van der Waals surface area contributed by atoms with E-state index in [9.17, 15) is 18.0 Å². The lowest BCUT2D eigenvalue weighted by molar-refractivity contribution is -0.137. The molecule has 96 valence electrons. The number of hydrogen-bond acceptors (Lipinski definition) is 3. The van der Waals surface area contributed by atoms with Crippen LogP contribution in [0.15, 0.2) is 0 Å². The van der Waals surface area contributed by atoms with E-state index in [1.165, 1.54) is 0 Å². The minimum atomic E-state index is -4.38. The molecule has 0 saturated heterocycles. The third-order valence-electron chi connectivity index (χ3n) is 2.01. The molecule has 7 heteroatoms. The topological polar surface area (TPSA) is 61.4 Å². The Bertz CT molecular complexity index is 209. The minimum Gasteiger partial charge on any atom is -0.396 e. The third kappa shape index (κ3) is 8.49. The van der Waals surface area contributed by atoms with Gasteiger partial charge in [-0.3, -0.25) is 4.79 Å². The standard InChI is InChI=1S/C9H17F3N2O2/c1-2-7(3-4-15)13-5-8(16)14-6-9(10,11)12/h7,13,15H,2-6H2,1H3,(H,14,16). The number of aliphatic hydroxyl groups is 1. The second-order valence-electron chi connectivity index (χ2n) is 3.39. The summed E-state index contributed by atoms with van der Waals surface area (Å²) in [5.41, 5.74) is 0. The van der Waals surface area contributed by atoms with Gasteiger partial charge >= 0.3 is 6.18 Å². The van der Waals surface area contributed by atoms with Gasteiger partial charge in [0.1, 0.15) is 6.54 Å². The van der Waals surface area contributed by atoms with Crippen molar-refractivity contribution in [3.8, 4) is 0 Å². The number of hydrogen-bond donors (Lipinski definition) is 3.